The van der Waals surface area contributed by atoms with Crippen molar-refractivity contribution in [2.75, 3.05) is 62.5 Å². The third-order valence-electron chi connectivity index (χ3n) is 16.1. The van der Waals surface area contributed by atoms with Crippen LogP contribution in [0.3, 0.4) is 0 Å². The average molecular weight is 1220 g/mol. The van der Waals surface area contributed by atoms with E-state index in [1.807, 2.05) is 55.4 Å². The fraction of sp³-hybridized carbons (Fsp3) is 0.790. The summed E-state index contributed by atoms with van der Waals surface area (Å²) in [5, 5.41) is 33.5. The van der Waals surface area contributed by atoms with Crippen LogP contribution in [0, 0.1) is 41.4 Å². The first-order valence-corrected chi connectivity index (χ1v) is 30.7. The minimum atomic E-state index is -1.63. The number of aliphatic hydroxyl groups excluding tert-OH is 2. The van der Waals surface area contributed by atoms with Crippen LogP contribution in [0.2, 0.25) is 0 Å². The molecule has 1 aliphatic heterocycles. The fourth-order valence-electron chi connectivity index (χ4n) is 10.7. The van der Waals surface area contributed by atoms with Crippen molar-refractivity contribution in [3.63, 3.8) is 0 Å². The van der Waals surface area contributed by atoms with Crippen molar-refractivity contribution in [1.29, 1.82) is 0 Å². The van der Waals surface area contributed by atoms with Crippen LogP contribution in [0.1, 0.15) is 149 Å². The molecule has 12 atom stereocenters. The zero-order chi connectivity index (χ0) is 66.7. The molecule has 0 radical (unpaired) electrons. The number of carbonyl (C=O) groups excluding carboxylic acids is 11. The minimum Gasteiger partial charge on any atom is -0.394 e. The molecule has 0 aromatic carbocycles. The van der Waals surface area contributed by atoms with Crippen molar-refractivity contribution >= 4 is 65.0 Å². The molecule has 1 heterocycles. The largest absolute Gasteiger partial charge is 0.394 e. The molecular weight excluding hydrogens is 1110 g/mol. The number of carbonyl (C=O) groups is 11. The van der Waals surface area contributed by atoms with Crippen LogP contribution in [0.5, 0.6) is 0 Å². The highest BCUT2D eigenvalue weighted by Crippen LogP contribution is 2.26. The number of nitrogens with zero attached hydrogens (tertiary/aromatic N) is 7. The Morgan fingerprint density at radius 3 is 1.34 bits per heavy atom. The Kier molecular flexibility index (Phi) is 32.2. The van der Waals surface area contributed by atoms with Crippen LogP contribution in [0.4, 0.5) is 0 Å². The molecule has 1 rings (SSSR count). The topological polar surface area (TPSA) is 299 Å². The molecule has 11 amide bonds. The van der Waals surface area contributed by atoms with Crippen molar-refractivity contribution in [2.24, 2.45) is 41.4 Å². The van der Waals surface area contributed by atoms with Gasteiger partial charge >= 0.3 is 0 Å². The molecule has 492 valence electrons. The van der Waals surface area contributed by atoms with Gasteiger partial charge in [0.15, 0.2) is 0 Å². The molecule has 86 heavy (non-hydrogen) atoms. The number of amides is 11. The highest BCUT2D eigenvalue weighted by atomic mass is 16.3. The molecule has 1 saturated heterocycles. The van der Waals surface area contributed by atoms with Crippen molar-refractivity contribution in [1.82, 2.24) is 55.6 Å². The first-order valence-electron chi connectivity index (χ1n) is 30.7. The van der Waals surface area contributed by atoms with Gasteiger partial charge in [0, 0.05) is 49.3 Å². The number of likely N-dealkylation sites (N-methyl/N-ethyl adjacent to an activating group) is 7. The van der Waals surface area contributed by atoms with Crippen LogP contribution in [0.15, 0.2) is 12.2 Å². The van der Waals surface area contributed by atoms with Gasteiger partial charge in [0.1, 0.15) is 60.4 Å². The molecule has 0 aromatic rings. The number of allylic oxidation sites excluding steroid dienone is 2. The normalized spacial score (nSPS) is 26.7. The van der Waals surface area contributed by atoms with Gasteiger partial charge < -0.3 is 65.8 Å². The van der Waals surface area contributed by atoms with E-state index in [1.165, 1.54) is 75.9 Å². The van der Waals surface area contributed by atoms with Gasteiger partial charge in [0.05, 0.1) is 19.3 Å². The van der Waals surface area contributed by atoms with Gasteiger partial charge in [-0.3, -0.25) is 52.7 Å². The highest BCUT2D eigenvalue weighted by Gasteiger charge is 2.46. The van der Waals surface area contributed by atoms with Crippen LogP contribution in [-0.4, -0.2) is 238 Å². The Labute approximate surface area is 513 Å². The maximum absolute atomic E-state index is 15.1. The van der Waals surface area contributed by atoms with E-state index in [9.17, 15) is 53.4 Å². The van der Waals surface area contributed by atoms with Gasteiger partial charge in [-0.05, 0) is 93.8 Å². The first-order chi connectivity index (χ1) is 39.7. The summed E-state index contributed by atoms with van der Waals surface area (Å²) in [5.41, 5.74) is 0. The Morgan fingerprint density at radius 1 is 0.477 bits per heavy atom. The lowest BCUT2D eigenvalue weighted by atomic mass is 9.91. The Balaban J connectivity index is 4.36. The molecule has 0 bridgehead atoms. The lowest BCUT2D eigenvalue weighted by Gasteiger charge is -2.41. The second-order valence-electron chi connectivity index (χ2n) is 26.1. The SMILES string of the molecule is C/C=C\C[C@@H](C)[C@@H](O)[C@H]1C(=O)N[C@@H](CC)C(=O)N(C)CC(=O)N(C)[C@@H](CC(C)C)C(=O)N[C@@H](C(C)C)C(=O)N(C)[C@@H](CC(C)C)C(=O)N[C@@H](C)C(=O)N[C@H](CO)C(=O)N(C)[C@@H](CC(C)C)C(=O)N(C)[C@@H](CC(C)C)C(=O)N(C)[C@@H](C(C)C)C(=O)N1C. The summed E-state index contributed by atoms with van der Waals surface area (Å²) in [4.78, 5) is 168. The summed E-state index contributed by atoms with van der Waals surface area (Å²) in [5.74, 6) is -10.6. The van der Waals surface area contributed by atoms with Gasteiger partial charge in [-0.25, -0.2) is 0 Å². The lowest BCUT2D eigenvalue weighted by molar-refractivity contribution is -0.157. The number of hydrogen-bond acceptors (Lipinski definition) is 13. The molecule has 0 unspecified atom stereocenters. The Morgan fingerprint density at radius 2 is 0.895 bits per heavy atom. The minimum absolute atomic E-state index is 0.0119. The fourth-order valence-corrected chi connectivity index (χ4v) is 10.7. The summed E-state index contributed by atoms with van der Waals surface area (Å²) in [6.45, 7) is 26.6. The maximum atomic E-state index is 15.1. The molecule has 1 aliphatic rings. The van der Waals surface area contributed by atoms with E-state index in [0.717, 1.165) is 14.7 Å². The summed E-state index contributed by atoms with van der Waals surface area (Å²) in [6.07, 6.45) is 2.81. The van der Waals surface area contributed by atoms with E-state index in [2.05, 4.69) is 21.3 Å². The third kappa shape index (κ3) is 21.6. The van der Waals surface area contributed by atoms with Crippen molar-refractivity contribution in [3.8, 4) is 0 Å². The number of hydrogen-bond donors (Lipinski definition) is 6. The second kappa shape index (κ2) is 35.6. The zero-order valence-corrected chi connectivity index (χ0v) is 56.2. The van der Waals surface area contributed by atoms with Gasteiger partial charge in [-0.1, -0.05) is 109 Å². The predicted octanol–water partition coefficient (Wildman–Crippen LogP) is 2.24. The molecule has 0 spiro atoms. The summed E-state index contributed by atoms with van der Waals surface area (Å²) in [7, 11) is 9.70. The average Bonchev–Trinajstić information content (AvgIpc) is 1.90. The molecule has 1 fully saturated rings. The molecule has 24 nitrogen and oxygen atoms in total. The van der Waals surface area contributed by atoms with Gasteiger partial charge in [-0.2, -0.15) is 0 Å². The number of aliphatic hydroxyl groups is 2. The monoisotopic (exact) mass is 1220 g/mol. The van der Waals surface area contributed by atoms with E-state index in [0.29, 0.717) is 6.42 Å². The quantitative estimate of drug-likeness (QED) is 0.121. The smallest absolute Gasteiger partial charge is 0.247 e. The van der Waals surface area contributed by atoms with E-state index in [1.54, 1.807) is 60.6 Å². The molecular formula is C62H111N11O13. The number of nitrogens with one attached hydrogen (secondary N) is 4. The standard InChI is InChI=1S/C62H111N11O13/c1-24-26-27-40(15)52(76)51-56(80)64-42(25-2)57(81)67(17)32-48(75)68(18)44(28-34(3)4)55(79)66-49(38(11)12)61(85)69(19)45(29-35(5)6)54(78)63-41(16)53(77)65-43(33-74)58(82)70(20)46(30-36(7)8)59(83)71(21)47(31-37(9)10)60(84)72(22)50(39(13)14)62(86)73(51)23/h24,26,34-47,49-52,74,76H,25,27-33H2,1-23H3,(H,63,78)(H,64,80)(H,65,77)(H,66,79)/b26-24-/t40-,41+,42+,43-,44+,45+,46+,47+,49+,50+,51+,52-/m1/s1. The van der Waals surface area contributed by atoms with E-state index in [-0.39, 0.29) is 55.8 Å². The molecule has 24 heteroatoms. The van der Waals surface area contributed by atoms with Gasteiger partial charge in [0.25, 0.3) is 0 Å². The Bertz CT molecular complexity index is 2350. The number of rotatable bonds is 16. The summed E-state index contributed by atoms with van der Waals surface area (Å²) >= 11 is 0. The van der Waals surface area contributed by atoms with Crippen LogP contribution in [-0.2, 0) is 52.7 Å². The summed E-state index contributed by atoms with van der Waals surface area (Å²) in [6, 6.07) is -13.1. The van der Waals surface area contributed by atoms with Crippen molar-refractivity contribution in [2.45, 2.75) is 216 Å². The van der Waals surface area contributed by atoms with E-state index >= 15 is 9.59 Å². The van der Waals surface area contributed by atoms with Crippen LogP contribution in [0.25, 0.3) is 0 Å². The van der Waals surface area contributed by atoms with E-state index < -0.39 is 162 Å². The Hall–Kier alpha value is -6.17. The van der Waals surface area contributed by atoms with Gasteiger partial charge in [-0.15, -0.1) is 0 Å². The van der Waals surface area contributed by atoms with E-state index in [4.69, 9.17) is 0 Å². The maximum Gasteiger partial charge on any atom is 0.247 e. The zero-order valence-electron chi connectivity index (χ0n) is 56.2. The van der Waals surface area contributed by atoms with Crippen LogP contribution < -0.4 is 21.3 Å². The van der Waals surface area contributed by atoms with Crippen LogP contribution >= 0.6 is 0 Å². The van der Waals surface area contributed by atoms with Crippen molar-refractivity contribution in [3.05, 3.63) is 12.2 Å². The summed E-state index contributed by atoms with van der Waals surface area (Å²) < 4.78 is 0. The van der Waals surface area contributed by atoms with Crippen molar-refractivity contribution < 1.29 is 63.0 Å². The molecule has 0 saturated carbocycles. The highest BCUT2D eigenvalue weighted by molar-refractivity contribution is 5.99. The molecule has 6 N–H and O–H groups in total. The third-order valence-corrected chi connectivity index (χ3v) is 16.1. The predicted molar refractivity (Wildman–Crippen MR) is 330 cm³/mol. The lowest BCUT2D eigenvalue weighted by Crippen LogP contribution is -2.63. The first kappa shape index (κ1) is 77.8. The molecule has 0 aromatic heterocycles. The second-order valence-corrected chi connectivity index (χ2v) is 26.1. The molecule has 0 aliphatic carbocycles. The van der Waals surface area contributed by atoms with Gasteiger partial charge in [0.2, 0.25) is 65.0 Å².